The molecular formula is C14H19NO2. The van der Waals surface area contributed by atoms with Gasteiger partial charge in [-0.3, -0.25) is 4.79 Å². The minimum Gasteiger partial charge on any atom is -0.481 e. The molecule has 2 N–H and O–H groups in total. The molecule has 3 nitrogen and oxygen atoms in total. The van der Waals surface area contributed by atoms with Gasteiger partial charge in [0.2, 0.25) is 0 Å². The van der Waals surface area contributed by atoms with Gasteiger partial charge in [-0.05, 0) is 31.2 Å². The maximum Gasteiger partial charge on any atom is 0.304 e. The molecule has 17 heavy (non-hydrogen) atoms. The molecule has 1 saturated carbocycles. The highest BCUT2D eigenvalue weighted by molar-refractivity contribution is 5.67. The van der Waals surface area contributed by atoms with Crippen LogP contribution in [0, 0.1) is 5.92 Å². The van der Waals surface area contributed by atoms with Gasteiger partial charge >= 0.3 is 5.97 Å². The quantitative estimate of drug-likeness (QED) is 0.794. The summed E-state index contributed by atoms with van der Waals surface area (Å²) in [5.74, 6) is -0.160. The van der Waals surface area contributed by atoms with Crippen LogP contribution in [0.5, 0.6) is 0 Å². The molecule has 0 spiro atoms. The highest BCUT2D eigenvalue weighted by atomic mass is 16.4. The van der Waals surface area contributed by atoms with Crippen molar-refractivity contribution in [3.05, 3.63) is 35.9 Å². The van der Waals surface area contributed by atoms with Gasteiger partial charge < -0.3 is 10.4 Å². The van der Waals surface area contributed by atoms with Crippen molar-refractivity contribution in [1.82, 2.24) is 5.32 Å². The van der Waals surface area contributed by atoms with Crippen molar-refractivity contribution in [3.8, 4) is 0 Å². The Labute approximate surface area is 102 Å². The van der Waals surface area contributed by atoms with E-state index in [1.54, 1.807) is 0 Å². The van der Waals surface area contributed by atoms with Crippen molar-refractivity contribution in [2.45, 2.75) is 38.3 Å². The average Bonchev–Trinajstić information content (AvgIpc) is 3.12. The molecule has 1 aromatic carbocycles. The Kier molecular flexibility index (Phi) is 3.79. The van der Waals surface area contributed by atoms with Crippen LogP contribution in [-0.4, -0.2) is 17.1 Å². The van der Waals surface area contributed by atoms with Crippen LogP contribution in [0.15, 0.2) is 30.3 Å². The number of benzene rings is 1. The standard InChI is InChI=1S/C14H19NO2/c1-10(11-5-3-2-4-6-11)15-13(9-14(16)17)12-7-8-12/h2-6,10,12-13,15H,7-9H2,1H3,(H,16,17). The number of hydrogen-bond acceptors (Lipinski definition) is 2. The maximum absolute atomic E-state index is 10.8. The van der Waals surface area contributed by atoms with Crippen LogP contribution in [0.1, 0.15) is 37.8 Å². The molecule has 1 fully saturated rings. The molecule has 1 aromatic rings. The number of carboxylic acids is 1. The monoisotopic (exact) mass is 233 g/mol. The number of nitrogens with one attached hydrogen (secondary N) is 1. The molecule has 1 aliphatic rings. The van der Waals surface area contributed by atoms with Crippen molar-refractivity contribution >= 4 is 5.97 Å². The normalized spacial score (nSPS) is 18.6. The molecule has 0 aromatic heterocycles. The first-order valence-electron chi connectivity index (χ1n) is 6.19. The van der Waals surface area contributed by atoms with Crippen LogP contribution in [0.25, 0.3) is 0 Å². The van der Waals surface area contributed by atoms with Crippen LogP contribution >= 0.6 is 0 Å². The predicted molar refractivity (Wildman–Crippen MR) is 66.8 cm³/mol. The fourth-order valence-corrected chi connectivity index (χ4v) is 2.21. The van der Waals surface area contributed by atoms with Gasteiger partial charge in [0, 0.05) is 12.1 Å². The highest BCUT2D eigenvalue weighted by Crippen LogP contribution is 2.35. The van der Waals surface area contributed by atoms with Crippen molar-refractivity contribution in [2.75, 3.05) is 0 Å². The van der Waals surface area contributed by atoms with E-state index in [2.05, 4.69) is 24.4 Å². The lowest BCUT2D eigenvalue weighted by Gasteiger charge is -2.22. The van der Waals surface area contributed by atoms with Crippen LogP contribution in [0.3, 0.4) is 0 Å². The van der Waals surface area contributed by atoms with Crippen LogP contribution in [0.2, 0.25) is 0 Å². The minimum atomic E-state index is -0.713. The Bertz CT molecular complexity index is 373. The van der Waals surface area contributed by atoms with E-state index in [0.29, 0.717) is 5.92 Å². The Hall–Kier alpha value is -1.35. The molecule has 0 amide bonds. The first kappa shape index (κ1) is 12.1. The van der Waals surface area contributed by atoms with Gasteiger partial charge in [0.05, 0.1) is 6.42 Å². The Morgan fingerprint density at radius 2 is 2.06 bits per heavy atom. The Balaban J connectivity index is 1.95. The van der Waals surface area contributed by atoms with Gasteiger partial charge in [-0.1, -0.05) is 30.3 Å². The molecule has 0 bridgehead atoms. The molecule has 2 rings (SSSR count). The van der Waals surface area contributed by atoms with Crippen molar-refractivity contribution in [1.29, 1.82) is 0 Å². The van der Waals surface area contributed by atoms with Crippen LogP contribution in [0.4, 0.5) is 0 Å². The van der Waals surface area contributed by atoms with Gasteiger partial charge in [-0.15, -0.1) is 0 Å². The first-order chi connectivity index (χ1) is 8.16. The fraction of sp³-hybridized carbons (Fsp3) is 0.500. The maximum atomic E-state index is 10.8. The average molecular weight is 233 g/mol. The zero-order valence-electron chi connectivity index (χ0n) is 10.1. The summed E-state index contributed by atoms with van der Waals surface area (Å²) in [6, 6.07) is 10.5. The fourth-order valence-electron chi connectivity index (χ4n) is 2.21. The first-order valence-corrected chi connectivity index (χ1v) is 6.19. The van der Waals surface area contributed by atoms with E-state index < -0.39 is 5.97 Å². The predicted octanol–water partition coefficient (Wildman–Crippen LogP) is 2.59. The van der Waals surface area contributed by atoms with Gasteiger partial charge in [0.15, 0.2) is 0 Å². The second-order valence-electron chi connectivity index (χ2n) is 4.84. The third-order valence-corrected chi connectivity index (χ3v) is 3.35. The summed E-state index contributed by atoms with van der Waals surface area (Å²) in [5.41, 5.74) is 1.21. The van der Waals surface area contributed by atoms with E-state index in [-0.39, 0.29) is 18.5 Å². The van der Waals surface area contributed by atoms with Crippen molar-refractivity contribution in [3.63, 3.8) is 0 Å². The molecule has 2 atom stereocenters. The molecule has 0 radical (unpaired) electrons. The van der Waals surface area contributed by atoms with Crippen LogP contribution in [-0.2, 0) is 4.79 Å². The lowest BCUT2D eigenvalue weighted by atomic mass is 10.0. The smallest absolute Gasteiger partial charge is 0.304 e. The number of carbonyl (C=O) groups is 1. The SMILES string of the molecule is CC(NC(CC(=O)O)C1CC1)c1ccccc1. The van der Waals surface area contributed by atoms with Gasteiger partial charge in [0.1, 0.15) is 0 Å². The summed E-state index contributed by atoms with van der Waals surface area (Å²) in [7, 11) is 0. The molecular weight excluding hydrogens is 214 g/mol. The van der Waals surface area contributed by atoms with Gasteiger partial charge in [0.25, 0.3) is 0 Å². The number of rotatable bonds is 6. The van der Waals surface area contributed by atoms with Gasteiger partial charge in [-0.25, -0.2) is 0 Å². The summed E-state index contributed by atoms with van der Waals surface area (Å²) in [6.45, 7) is 2.09. The molecule has 0 saturated heterocycles. The van der Waals surface area contributed by atoms with Gasteiger partial charge in [-0.2, -0.15) is 0 Å². The Morgan fingerprint density at radius 3 is 2.59 bits per heavy atom. The summed E-state index contributed by atoms with van der Waals surface area (Å²) in [4.78, 5) is 10.8. The lowest BCUT2D eigenvalue weighted by Crippen LogP contribution is -2.35. The van der Waals surface area contributed by atoms with E-state index in [1.807, 2.05) is 18.2 Å². The topological polar surface area (TPSA) is 49.3 Å². The lowest BCUT2D eigenvalue weighted by molar-refractivity contribution is -0.137. The van der Waals surface area contributed by atoms with E-state index in [9.17, 15) is 4.79 Å². The summed E-state index contributed by atoms with van der Waals surface area (Å²) < 4.78 is 0. The Morgan fingerprint density at radius 1 is 1.41 bits per heavy atom. The summed E-state index contributed by atoms with van der Waals surface area (Å²) >= 11 is 0. The summed E-state index contributed by atoms with van der Waals surface area (Å²) in [5, 5.41) is 12.3. The van der Waals surface area contributed by atoms with E-state index >= 15 is 0 Å². The largest absolute Gasteiger partial charge is 0.481 e. The van der Waals surface area contributed by atoms with Crippen molar-refractivity contribution < 1.29 is 9.90 Å². The second kappa shape index (κ2) is 5.32. The molecule has 92 valence electrons. The zero-order valence-corrected chi connectivity index (χ0v) is 10.1. The van der Waals surface area contributed by atoms with E-state index in [4.69, 9.17) is 5.11 Å². The van der Waals surface area contributed by atoms with E-state index in [0.717, 1.165) is 12.8 Å². The third-order valence-electron chi connectivity index (χ3n) is 3.35. The number of hydrogen-bond donors (Lipinski definition) is 2. The zero-order chi connectivity index (χ0) is 12.3. The van der Waals surface area contributed by atoms with Crippen LogP contribution < -0.4 is 5.32 Å². The molecule has 0 heterocycles. The molecule has 0 aliphatic heterocycles. The molecule has 3 heteroatoms. The van der Waals surface area contributed by atoms with E-state index in [1.165, 1.54) is 5.56 Å². The third kappa shape index (κ3) is 3.56. The summed E-state index contributed by atoms with van der Waals surface area (Å²) in [6.07, 6.45) is 2.54. The molecule has 2 unspecified atom stereocenters. The number of aliphatic carboxylic acids is 1. The second-order valence-corrected chi connectivity index (χ2v) is 4.84. The highest BCUT2D eigenvalue weighted by Gasteiger charge is 2.33. The molecule has 1 aliphatic carbocycles. The van der Waals surface area contributed by atoms with Crippen molar-refractivity contribution in [2.24, 2.45) is 5.92 Å². The minimum absolute atomic E-state index is 0.114. The number of carboxylic acid groups (broad SMARTS) is 1.